The first-order valence-corrected chi connectivity index (χ1v) is 9.16. The van der Waals surface area contributed by atoms with Crippen molar-refractivity contribution in [3.8, 4) is 17.1 Å². The third-order valence-electron chi connectivity index (χ3n) is 3.24. The Morgan fingerprint density at radius 2 is 1.70 bits per heavy atom. The summed E-state index contributed by atoms with van der Waals surface area (Å²) < 4.78 is 24.7. The molecule has 0 spiro atoms. The summed E-state index contributed by atoms with van der Waals surface area (Å²) in [7, 11) is -3.29. The van der Waals surface area contributed by atoms with E-state index in [0.717, 1.165) is 11.8 Å². The molecular formula is C15H11Cl2N3O2S. The number of imidazole rings is 1. The predicted molar refractivity (Wildman–Crippen MR) is 89.9 cm³/mol. The monoisotopic (exact) mass is 367 g/mol. The quantitative estimate of drug-likeness (QED) is 0.708. The van der Waals surface area contributed by atoms with Crippen LogP contribution in [-0.4, -0.2) is 29.2 Å². The van der Waals surface area contributed by atoms with Gasteiger partial charge < -0.3 is 0 Å². The van der Waals surface area contributed by atoms with Crippen LogP contribution in [0.5, 0.6) is 0 Å². The molecule has 2 heterocycles. The second kappa shape index (κ2) is 5.96. The summed E-state index contributed by atoms with van der Waals surface area (Å²) in [5.74, 6) is 0.516. The SMILES string of the molecule is CS(=O)(=O)c1ccc(-n2cnc(Cl)c2-c2ccc(Cl)cc2)nc1. The minimum absolute atomic E-state index is 0.153. The summed E-state index contributed by atoms with van der Waals surface area (Å²) >= 11 is 12.1. The normalized spacial score (nSPS) is 11.6. The van der Waals surface area contributed by atoms with Crippen molar-refractivity contribution in [3.05, 3.63) is 59.1 Å². The number of hydrogen-bond donors (Lipinski definition) is 0. The highest BCUT2D eigenvalue weighted by Crippen LogP contribution is 2.30. The Balaban J connectivity index is 2.10. The van der Waals surface area contributed by atoms with Gasteiger partial charge in [-0.25, -0.2) is 18.4 Å². The number of aromatic nitrogens is 3. The Morgan fingerprint density at radius 1 is 1.00 bits per heavy atom. The molecule has 0 amide bonds. The standard InChI is InChI=1S/C15H11Cl2N3O2S/c1-23(21,22)12-6-7-13(18-8-12)20-9-19-15(17)14(20)10-2-4-11(16)5-3-10/h2-9H,1H3. The number of halogens is 2. The molecule has 0 fully saturated rings. The molecule has 5 nitrogen and oxygen atoms in total. The van der Waals surface area contributed by atoms with Crippen molar-refractivity contribution in [1.82, 2.24) is 14.5 Å². The summed E-state index contributed by atoms with van der Waals surface area (Å²) in [4.78, 5) is 8.44. The summed E-state index contributed by atoms with van der Waals surface area (Å²) in [6.07, 6.45) is 3.98. The third kappa shape index (κ3) is 3.24. The van der Waals surface area contributed by atoms with Crippen molar-refractivity contribution < 1.29 is 8.42 Å². The maximum absolute atomic E-state index is 11.5. The van der Waals surface area contributed by atoms with Crippen LogP contribution in [0.15, 0.2) is 53.8 Å². The van der Waals surface area contributed by atoms with Crippen LogP contribution in [0.1, 0.15) is 0 Å². The van der Waals surface area contributed by atoms with Crippen LogP contribution in [-0.2, 0) is 9.84 Å². The molecular weight excluding hydrogens is 357 g/mol. The number of pyridine rings is 1. The topological polar surface area (TPSA) is 64.8 Å². The van der Waals surface area contributed by atoms with Gasteiger partial charge >= 0.3 is 0 Å². The van der Waals surface area contributed by atoms with E-state index in [2.05, 4.69) is 9.97 Å². The van der Waals surface area contributed by atoms with Crippen LogP contribution in [0.4, 0.5) is 0 Å². The molecule has 0 aliphatic rings. The molecule has 0 saturated heterocycles. The van der Waals surface area contributed by atoms with Gasteiger partial charge in [0.05, 0.1) is 10.6 Å². The van der Waals surface area contributed by atoms with Crippen LogP contribution in [0.2, 0.25) is 10.2 Å². The van der Waals surface area contributed by atoms with Gasteiger partial charge in [-0.1, -0.05) is 35.3 Å². The van der Waals surface area contributed by atoms with Gasteiger partial charge in [0.15, 0.2) is 15.0 Å². The number of rotatable bonds is 3. The van der Waals surface area contributed by atoms with Crippen LogP contribution in [0.25, 0.3) is 17.1 Å². The molecule has 3 rings (SSSR count). The maximum Gasteiger partial charge on any atom is 0.177 e. The van der Waals surface area contributed by atoms with Gasteiger partial charge in [-0.3, -0.25) is 4.57 Å². The number of nitrogens with zero attached hydrogens (tertiary/aromatic N) is 3. The first kappa shape index (κ1) is 16.0. The molecule has 1 aromatic carbocycles. The first-order chi connectivity index (χ1) is 10.9. The zero-order valence-corrected chi connectivity index (χ0v) is 14.3. The molecule has 0 aliphatic heterocycles. The van der Waals surface area contributed by atoms with E-state index >= 15 is 0 Å². The van der Waals surface area contributed by atoms with E-state index < -0.39 is 9.84 Å². The largest absolute Gasteiger partial charge is 0.281 e. The van der Waals surface area contributed by atoms with Crippen molar-refractivity contribution in [2.45, 2.75) is 4.90 Å². The fourth-order valence-corrected chi connectivity index (χ4v) is 3.03. The Morgan fingerprint density at radius 3 is 2.26 bits per heavy atom. The Bertz CT molecular complexity index is 949. The average Bonchev–Trinajstić information content (AvgIpc) is 2.89. The van der Waals surface area contributed by atoms with Crippen LogP contribution in [0, 0.1) is 0 Å². The Hall–Kier alpha value is -1.89. The zero-order valence-electron chi connectivity index (χ0n) is 11.9. The van der Waals surface area contributed by atoms with E-state index in [9.17, 15) is 8.42 Å². The molecule has 0 N–H and O–H groups in total. The van der Waals surface area contributed by atoms with Crippen molar-refractivity contribution in [1.29, 1.82) is 0 Å². The summed E-state index contributed by atoms with van der Waals surface area (Å²) in [5, 5.41) is 0.938. The lowest BCUT2D eigenvalue weighted by molar-refractivity contribution is 0.601. The third-order valence-corrected chi connectivity index (χ3v) is 4.86. The van der Waals surface area contributed by atoms with Gasteiger partial charge in [0.1, 0.15) is 12.1 Å². The minimum Gasteiger partial charge on any atom is -0.281 e. The van der Waals surface area contributed by atoms with Crippen molar-refractivity contribution >= 4 is 33.0 Å². The minimum atomic E-state index is -3.29. The van der Waals surface area contributed by atoms with Gasteiger partial charge in [-0.15, -0.1) is 0 Å². The average molecular weight is 368 g/mol. The molecule has 0 saturated carbocycles. The fourth-order valence-electron chi connectivity index (χ4n) is 2.10. The van der Waals surface area contributed by atoms with Crippen molar-refractivity contribution in [3.63, 3.8) is 0 Å². The maximum atomic E-state index is 11.5. The second-order valence-electron chi connectivity index (χ2n) is 4.89. The highest BCUT2D eigenvalue weighted by Gasteiger charge is 2.15. The lowest BCUT2D eigenvalue weighted by Gasteiger charge is -2.08. The molecule has 2 aromatic heterocycles. The van der Waals surface area contributed by atoms with E-state index in [0.29, 0.717) is 21.7 Å². The molecule has 3 aromatic rings. The van der Waals surface area contributed by atoms with E-state index in [-0.39, 0.29) is 4.90 Å². The van der Waals surface area contributed by atoms with Crippen LogP contribution >= 0.6 is 23.2 Å². The lowest BCUT2D eigenvalue weighted by atomic mass is 10.1. The van der Waals surface area contributed by atoms with Gasteiger partial charge in [-0.05, 0) is 24.3 Å². The van der Waals surface area contributed by atoms with Gasteiger partial charge in [0.2, 0.25) is 0 Å². The Kier molecular flexibility index (Phi) is 4.14. The second-order valence-corrected chi connectivity index (χ2v) is 7.70. The van der Waals surface area contributed by atoms with E-state index in [1.54, 1.807) is 22.8 Å². The van der Waals surface area contributed by atoms with Crippen LogP contribution in [0.3, 0.4) is 0 Å². The summed E-state index contributed by atoms with van der Waals surface area (Å²) in [5.41, 5.74) is 1.48. The number of hydrogen-bond acceptors (Lipinski definition) is 4. The number of benzene rings is 1. The zero-order chi connectivity index (χ0) is 16.6. The first-order valence-electron chi connectivity index (χ1n) is 6.51. The smallest absolute Gasteiger partial charge is 0.177 e. The van der Waals surface area contributed by atoms with Gasteiger partial charge in [-0.2, -0.15) is 0 Å². The fraction of sp³-hybridized carbons (Fsp3) is 0.0667. The number of sulfone groups is 1. The predicted octanol–water partition coefficient (Wildman–Crippen LogP) is 3.64. The lowest BCUT2D eigenvalue weighted by Crippen LogP contribution is -2.02. The molecule has 0 unspecified atom stereocenters. The summed E-state index contributed by atoms with van der Waals surface area (Å²) in [6, 6.07) is 10.3. The molecule has 8 heteroatoms. The molecule has 0 bridgehead atoms. The highest BCUT2D eigenvalue weighted by molar-refractivity contribution is 7.90. The molecule has 0 radical (unpaired) electrons. The van der Waals surface area contributed by atoms with E-state index in [1.165, 1.54) is 18.6 Å². The van der Waals surface area contributed by atoms with Gasteiger partial charge in [0, 0.05) is 23.0 Å². The molecule has 23 heavy (non-hydrogen) atoms. The van der Waals surface area contributed by atoms with Crippen LogP contribution < -0.4 is 0 Å². The molecule has 0 atom stereocenters. The summed E-state index contributed by atoms with van der Waals surface area (Å²) in [6.45, 7) is 0. The van der Waals surface area contributed by atoms with Crippen molar-refractivity contribution in [2.24, 2.45) is 0 Å². The van der Waals surface area contributed by atoms with E-state index in [1.807, 2.05) is 12.1 Å². The highest BCUT2D eigenvalue weighted by atomic mass is 35.5. The van der Waals surface area contributed by atoms with Crippen molar-refractivity contribution in [2.75, 3.05) is 6.26 Å². The molecule has 118 valence electrons. The Labute approximate surface area is 143 Å². The van der Waals surface area contributed by atoms with E-state index in [4.69, 9.17) is 23.2 Å². The van der Waals surface area contributed by atoms with Gasteiger partial charge in [0.25, 0.3) is 0 Å². The molecule has 0 aliphatic carbocycles.